The molecule has 0 rings (SSSR count). The zero-order chi connectivity index (χ0) is 9.94. The molecule has 2 nitrogen and oxygen atoms in total. The Kier molecular flexibility index (Phi) is 10.6. The van der Waals surface area contributed by atoms with Crippen LogP contribution in [0, 0.1) is 5.92 Å². The molecular formula is C10H23NOS. The van der Waals surface area contributed by atoms with E-state index in [0.29, 0.717) is 6.61 Å². The van der Waals surface area contributed by atoms with E-state index in [9.17, 15) is 0 Å². The minimum Gasteiger partial charge on any atom is -0.396 e. The van der Waals surface area contributed by atoms with E-state index < -0.39 is 0 Å². The molecule has 0 aromatic carbocycles. The fourth-order valence-electron chi connectivity index (χ4n) is 1.23. The van der Waals surface area contributed by atoms with E-state index in [1.807, 2.05) is 11.8 Å². The predicted octanol–water partition coefficient (Wildman–Crippen LogP) is 1.74. The maximum absolute atomic E-state index is 8.56. The first-order valence-corrected chi connectivity index (χ1v) is 6.51. The van der Waals surface area contributed by atoms with Gasteiger partial charge in [-0.3, -0.25) is 0 Å². The summed E-state index contributed by atoms with van der Waals surface area (Å²) in [5, 5.41) is 12.0. The summed E-state index contributed by atoms with van der Waals surface area (Å²) < 4.78 is 0. The maximum Gasteiger partial charge on any atom is 0.0431 e. The Bertz CT molecular complexity index is 101. The molecule has 0 bridgehead atoms. The van der Waals surface area contributed by atoms with Crippen molar-refractivity contribution in [1.82, 2.24) is 5.32 Å². The number of rotatable bonds is 9. The first-order chi connectivity index (χ1) is 6.31. The highest BCUT2D eigenvalue weighted by Gasteiger charge is 1.98. The Morgan fingerprint density at radius 3 is 2.69 bits per heavy atom. The van der Waals surface area contributed by atoms with Crippen LogP contribution in [0.25, 0.3) is 0 Å². The van der Waals surface area contributed by atoms with Crippen molar-refractivity contribution in [2.45, 2.75) is 26.2 Å². The molecule has 1 atom stereocenters. The van der Waals surface area contributed by atoms with Crippen LogP contribution in [0.15, 0.2) is 0 Å². The Balaban J connectivity index is 2.97. The van der Waals surface area contributed by atoms with Gasteiger partial charge in [0.05, 0.1) is 0 Å². The molecule has 0 aliphatic rings. The van der Waals surface area contributed by atoms with E-state index in [-0.39, 0.29) is 0 Å². The number of unbranched alkanes of at least 4 members (excludes halogenated alkanes) is 2. The molecule has 0 aromatic rings. The van der Waals surface area contributed by atoms with E-state index in [1.54, 1.807) is 0 Å². The molecule has 80 valence electrons. The molecule has 0 saturated heterocycles. The molecule has 0 heterocycles. The molecule has 0 saturated carbocycles. The number of aliphatic hydroxyl groups is 1. The van der Waals surface area contributed by atoms with Crippen LogP contribution in [0.1, 0.15) is 26.2 Å². The molecule has 0 aliphatic heterocycles. The van der Waals surface area contributed by atoms with Crippen LogP contribution in [-0.2, 0) is 0 Å². The van der Waals surface area contributed by atoms with Gasteiger partial charge in [-0.1, -0.05) is 6.92 Å². The van der Waals surface area contributed by atoms with Gasteiger partial charge in [-0.15, -0.1) is 0 Å². The van der Waals surface area contributed by atoms with Crippen LogP contribution in [0.4, 0.5) is 0 Å². The van der Waals surface area contributed by atoms with Gasteiger partial charge < -0.3 is 10.4 Å². The second-order valence-corrected chi connectivity index (χ2v) is 4.46. The Morgan fingerprint density at radius 2 is 2.08 bits per heavy atom. The van der Waals surface area contributed by atoms with E-state index in [1.165, 1.54) is 12.2 Å². The lowest BCUT2D eigenvalue weighted by atomic mass is 10.2. The minimum absolute atomic E-state index is 0.336. The monoisotopic (exact) mass is 205 g/mol. The third-order valence-electron chi connectivity index (χ3n) is 1.96. The molecule has 1 unspecified atom stereocenters. The van der Waals surface area contributed by atoms with E-state index >= 15 is 0 Å². The third kappa shape index (κ3) is 10.2. The quantitative estimate of drug-likeness (QED) is 0.562. The van der Waals surface area contributed by atoms with Gasteiger partial charge >= 0.3 is 0 Å². The lowest BCUT2D eigenvalue weighted by Crippen LogP contribution is -2.23. The van der Waals surface area contributed by atoms with Crippen molar-refractivity contribution in [3.8, 4) is 0 Å². The average molecular weight is 205 g/mol. The van der Waals surface area contributed by atoms with Gasteiger partial charge in [0.25, 0.3) is 0 Å². The molecule has 3 heteroatoms. The van der Waals surface area contributed by atoms with Crippen LogP contribution in [-0.4, -0.2) is 36.8 Å². The molecular weight excluding hydrogens is 182 g/mol. The van der Waals surface area contributed by atoms with Crippen molar-refractivity contribution in [1.29, 1.82) is 0 Å². The van der Waals surface area contributed by atoms with Gasteiger partial charge in [0.1, 0.15) is 0 Å². The molecule has 0 radical (unpaired) electrons. The third-order valence-corrected chi connectivity index (χ3v) is 2.86. The summed E-state index contributed by atoms with van der Waals surface area (Å²) >= 11 is 1.91. The highest BCUT2D eigenvalue weighted by atomic mass is 32.2. The van der Waals surface area contributed by atoms with Crippen LogP contribution in [0.3, 0.4) is 0 Å². The van der Waals surface area contributed by atoms with Crippen molar-refractivity contribution >= 4 is 11.8 Å². The smallest absolute Gasteiger partial charge is 0.0431 e. The number of thioether (sulfide) groups is 1. The fourth-order valence-corrected chi connectivity index (χ4v) is 1.92. The second-order valence-electron chi connectivity index (χ2n) is 3.55. The first kappa shape index (κ1) is 13.3. The SMILES string of the molecule is CSCC(C)CNCCCCCO. The van der Waals surface area contributed by atoms with Crippen LogP contribution >= 0.6 is 11.8 Å². The van der Waals surface area contributed by atoms with Gasteiger partial charge in [0.2, 0.25) is 0 Å². The summed E-state index contributed by atoms with van der Waals surface area (Å²) in [5.41, 5.74) is 0. The molecule has 0 aromatic heterocycles. The average Bonchev–Trinajstić information content (AvgIpc) is 2.11. The normalized spacial score (nSPS) is 13.2. The van der Waals surface area contributed by atoms with Crippen molar-refractivity contribution in [2.24, 2.45) is 5.92 Å². The molecule has 13 heavy (non-hydrogen) atoms. The first-order valence-electron chi connectivity index (χ1n) is 5.11. The Hall–Kier alpha value is 0.270. The van der Waals surface area contributed by atoms with Gasteiger partial charge in [0.15, 0.2) is 0 Å². The Labute approximate surface area is 86.5 Å². The van der Waals surface area contributed by atoms with Crippen molar-refractivity contribution < 1.29 is 5.11 Å². The number of aliphatic hydroxyl groups excluding tert-OH is 1. The van der Waals surface area contributed by atoms with Crippen molar-refractivity contribution in [2.75, 3.05) is 31.7 Å². The molecule has 0 spiro atoms. The number of hydrogen-bond acceptors (Lipinski definition) is 3. The summed E-state index contributed by atoms with van der Waals surface area (Å²) in [6.45, 7) is 4.83. The van der Waals surface area contributed by atoms with E-state index in [4.69, 9.17) is 5.11 Å². The zero-order valence-electron chi connectivity index (χ0n) is 8.88. The van der Waals surface area contributed by atoms with Crippen LogP contribution < -0.4 is 5.32 Å². The summed E-state index contributed by atoms with van der Waals surface area (Å²) in [4.78, 5) is 0. The highest BCUT2D eigenvalue weighted by Crippen LogP contribution is 2.02. The molecule has 0 aliphatic carbocycles. The molecule has 2 N–H and O–H groups in total. The van der Waals surface area contributed by atoms with Gasteiger partial charge in [0, 0.05) is 6.61 Å². The predicted molar refractivity (Wildman–Crippen MR) is 61.4 cm³/mol. The number of hydrogen-bond donors (Lipinski definition) is 2. The Morgan fingerprint density at radius 1 is 1.31 bits per heavy atom. The second kappa shape index (κ2) is 10.4. The van der Waals surface area contributed by atoms with E-state index in [0.717, 1.165) is 31.8 Å². The zero-order valence-corrected chi connectivity index (χ0v) is 9.70. The van der Waals surface area contributed by atoms with Crippen LogP contribution in [0.5, 0.6) is 0 Å². The molecule has 0 amide bonds. The van der Waals surface area contributed by atoms with E-state index in [2.05, 4.69) is 18.5 Å². The summed E-state index contributed by atoms with van der Waals surface area (Å²) in [7, 11) is 0. The number of nitrogens with one attached hydrogen (secondary N) is 1. The highest BCUT2D eigenvalue weighted by molar-refractivity contribution is 7.98. The lowest BCUT2D eigenvalue weighted by Gasteiger charge is -2.10. The maximum atomic E-state index is 8.56. The topological polar surface area (TPSA) is 32.3 Å². The largest absolute Gasteiger partial charge is 0.396 e. The fraction of sp³-hybridized carbons (Fsp3) is 1.00. The summed E-state index contributed by atoms with van der Waals surface area (Å²) in [6, 6.07) is 0. The summed E-state index contributed by atoms with van der Waals surface area (Å²) in [6.07, 6.45) is 5.42. The van der Waals surface area contributed by atoms with Crippen LogP contribution in [0.2, 0.25) is 0 Å². The standard InChI is InChI=1S/C10H23NOS/c1-10(9-13-2)8-11-6-4-3-5-7-12/h10-12H,3-9H2,1-2H3. The lowest BCUT2D eigenvalue weighted by molar-refractivity contribution is 0.282. The summed E-state index contributed by atoms with van der Waals surface area (Å²) in [5.74, 6) is 2.01. The van der Waals surface area contributed by atoms with Crippen molar-refractivity contribution in [3.63, 3.8) is 0 Å². The minimum atomic E-state index is 0.336. The van der Waals surface area contributed by atoms with Gasteiger partial charge in [-0.25, -0.2) is 0 Å². The molecule has 0 fully saturated rings. The van der Waals surface area contributed by atoms with Crippen molar-refractivity contribution in [3.05, 3.63) is 0 Å². The van der Waals surface area contributed by atoms with Gasteiger partial charge in [-0.05, 0) is 50.3 Å². The van der Waals surface area contributed by atoms with Gasteiger partial charge in [-0.2, -0.15) is 11.8 Å².